The van der Waals surface area contributed by atoms with Crippen LogP contribution in [0.3, 0.4) is 0 Å². The van der Waals surface area contributed by atoms with Gasteiger partial charge in [0.25, 0.3) is 0 Å². The van der Waals surface area contributed by atoms with Crippen molar-refractivity contribution >= 4 is 37.5 Å². The van der Waals surface area contributed by atoms with E-state index >= 15 is 0 Å². The number of hydrogen-bond acceptors (Lipinski definition) is 1. The monoisotopic (exact) mass is 405 g/mol. The van der Waals surface area contributed by atoms with E-state index in [1.54, 1.807) is 0 Å². The molecular formula is C18H17Br2N. The summed E-state index contributed by atoms with van der Waals surface area (Å²) in [5.74, 6) is 0.545. The summed E-state index contributed by atoms with van der Waals surface area (Å²) in [6.07, 6.45) is 1.11. The molecule has 21 heavy (non-hydrogen) atoms. The average molecular weight is 407 g/mol. The molecule has 0 fully saturated rings. The van der Waals surface area contributed by atoms with Crippen LogP contribution in [-0.4, -0.2) is 6.04 Å². The normalized spacial score (nSPS) is 26.3. The Kier molecular flexibility index (Phi) is 3.20. The fourth-order valence-corrected chi connectivity index (χ4v) is 4.74. The van der Waals surface area contributed by atoms with E-state index in [0.29, 0.717) is 18.0 Å². The van der Waals surface area contributed by atoms with Gasteiger partial charge in [-0.2, -0.15) is 0 Å². The van der Waals surface area contributed by atoms with Crippen molar-refractivity contribution in [2.45, 2.75) is 38.3 Å². The van der Waals surface area contributed by atoms with Gasteiger partial charge in [0.15, 0.2) is 0 Å². The smallest absolute Gasteiger partial charge is 0.0589 e. The maximum atomic E-state index is 3.63. The Labute approximate surface area is 142 Å². The molecule has 0 saturated heterocycles. The van der Waals surface area contributed by atoms with Gasteiger partial charge in [0, 0.05) is 26.6 Å². The summed E-state index contributed by atoms with van der Waals surface area (Å²) in [7, 11) is 0. The molecule has 0 radical (unpaired) electrons. The van der Waals surface area contributed by atoms with Crippen LogP contribution in [0.2, 0.25) is 0 Å². The van der Waals surface area contributed by atoms with Gasteiger partial charge in [-0.25, -0.2) is 0 Å². The quantitative estimate of drug-likeness (QED) is 0.532. The lowest BCUT2D eigenvalue weighted by Gasteiger charge is -2.43. The minimum atomic E-state index is 0.489. The fourth-order valence-electron chi connectivity index (χ4n) is 3.95. The van der Waals surface area contributed by atoms with Gasteiger partial charge in [0.2, 0.25) is 0 Å². The predicted octanol–water partition coefficient (Wildman–Crippen LogP) is 5.82. The summed E-state index contributed by atoms with van der Waals surface area (Å²) in [4.78, 5) is 2.63. The summed E-state index contributed by atoms with van der Waals surface area (Å²) < 4.78 is 2.37. The standard InChI is InChI=1S/C18H17Br2N/c1-10-11(2)21-17-6-4-13(19)7-12(17)8-18(21)15-5-3-14(20)9-16(10)15/h3-7,9-11,18H,8H2,1-2H3. The SMILES string of the molecule is CC1c2cc(Br)ccc2C2Cc3cc(Br)ccc3N2C1C. The van der Waals surface area contributed by atoms with Crippen LogP contribution in [0.15, 0.2) is 45.3 Å². The third-order valence-corrected chi connectivity index (χ3v) is 6.12. The number of hydrogen-bond donors (Lipinski definition) is 0. The van der Waals surface area contributed by atoms with E-state index < -0.39 is 0 Å². The molecule has 0 aromatic heterocycles. The van der Waals surface area contributed by atoms with Crippen LogP contribution in [-0.2, 0) is 6.42 Å². The van der Waals surface area contributed by atoms with E-state index in [-0.39, 0.29) is 0 Å². The lowest BCUT2D eigenvalue weighted by atomic mass is 9.81. The van der Waals surface area contributed by atoms with E-state index in [1.807, 2.05) is 0 Å². The molecule has 2 heterocycles. The van der Waals surface area contributed by atoms with Crippen molar-refractivity contribution in [1.29, 1.82) is 0 Å². The third-order valence-electron chi connectivity index (χ3n) is 5.13. The molecule has 2 aliphatic rings. The summed E-state index contributed by atoms with van der Waals surface area (Å²) >= 11 is 7.24. The largest absolute Gasteiger partial charge is 0.361 e. The fraction of sp³-hybridized carbons (Fsp3) is 0.333. The van der Waals surface area contributed by atoms with Gasteiger partial charge in [-0.3, -0.25) is 0 Å². The topological polar surface area (TPSA) is 3.24 Å². The molecule has 3 atom stereocenters. The highest BCUT2D eigenvalue weighted by atomic mass is 79.9. The van der Waals surface area contributed by atoms with Crippen molar-refractivity contribution in [2.75, 3.05) is 4.90 Å². The van der Waals surface area contributed by atoms with Crippen molar-refractivity contribution < 1.29 is 0 Å². The molecule has 3 unspecified atom stereocenters. The van der Waals surface area contributed by atoms with Crippen LogP contribution in [0.5, 0.6) is 0 Å². The maximum Gasteiger partial charge on any atom is 0.0589 e. The summed E-state index contributed by atoms with van der Waals surface area (Å²) in [6.45, 7) is 4.71. The van der Waals surface area contributed by atoms with Crippen molar-refractivity contribution in [3.05, 3.63) is 62.0 Å². The molecule has 0 aliphatic carbocycles. The van der Waals surface area contributed by atoms with Crippen molar-refractivity contribution in [2.24, 2.45) is 0 Å². The molecule has 3 heteroatoms. The Morgan fingerprint density at radius 2 is 1.67 bits per heavy atom. The molecular weight excluding hydrogens is 390 g/mol. The Balaban J connectivity index is 1.89. The van der Waals surface area contributed by atoms with Gasteiger partial charge in [0.1, 0.15) is 0 Å². The van der Waals surface area contributed by atoms with Gasteiger partial charge in [0.05, 0.1) is 6.04 Å². The zero-order chi connectivity index (χ0) is 14.7. The van der Waals surface area contributed by atoms with Gasteiger partial charge in [-0.1, -0.05) is 44.8 Å². The number of benzene rings is 2. The third kappa shape index (κ3) is 2.01. The number of nitrogens with zero attached hydrogens (tertiary/aromatic N) is 1. The van der Waals surface area contributed by atoms with Gasteiger partial charge in [-0.05, 0) is 60.4 Å². The lowest BCUT2D eigenvalue weighted by molar-refractivity contribution is 0.467. The summed E-state index contributed by atoms with van der Waals surface area (Å²) in [5, 5.41) is 0. The molecule has 2 aromatic rings. The molecule has 4 rings (SSSR count). The highest BCUT2D eigenvalue weighted by molar-refractivity contribution is 9.10. The van der Waals surface area contributed by atoms with Crippen LogP contribution in [0.4, 0.5) is 5.69 Å². The number of fused-ring (bicyclic) bond motifs is 5. The summed E-state index contributed by atoms with van der Waals surface area (Å²) in [6, 6.07) is 14.5. The first-order chi connectivity index (χ1) is 10.1. The van der Waals surface area contributed by atoms with Crippen molar-refractivity contribution in [3.63, 3.8) is 0 Å². The minimum absolute atomic E-state index is 0.489. The van der Waals surface area contributed by atoms with Crippen LogP contribution in [0.1, 0.15) is 42.5 Å². The Hall–Kier alpha value is -0.800. The second kappa shape index (κ2) is 4.85. The zero-order valence-electron chi connectivity index (χ0n) is 12.1. The average Bonchev–Trinajstić information content (AvgIpc) is 2.83. The molecule has 0 bridgehead atoms. The molecule has 0 N–H and O–H groups in total. The van der Waals surface area contributed by atoms with E-state index in [0.717, 1.165) is 6.42 Å². The highest BCUT2D eigenvalue weighted by Crippen LogP contribution is 2.50. The zero-order valence-corrected chi connectivity index (χ0v) is 15.3. The predicted molar refractivity (Wildman–Crippen MR) is 95.1 cm³/mol. The van der Waals surface area contributed by atoms with E-state index in [1.165, 1.54) is 31.3 Å². The second-order valence-corrected chi connectivity index (χ2v) is 8.03. The second-order valence-electron chi connectivity index (χ2n) is 6.20. The first kappa shape index (κ1) is 13.8. The van der Waals surface area contributed by atoms with Gasteiger partial charge < -0.3 is 4.90 Å². The van der Waals surface area contributed by atoms with Crippen LogP contribution in [0, 0.1) is 0 Å². The molecule has 2 aliphatic heterocycles. The number of anilines is 1. The molecule has 2 aromatic carbocycles. The molecule has 1 nitrogen and oxygen atoms in total. The highest BCUT2D eigenvalue weighted by Gasteiger charge is 2.41. The van der Waals surface area contributed by atoms with E-state index in [2.05, 4.69) is 87.0 Å². The number of halogens is 2. The summed E-state index contributed by atoms with van der Waals surface area (Å²) in [5.41, 5.74) is 5.88. The van der Waals surface area contributed by atoms with Gasteiger partial charge >= 0.3 is 0 Å². The molecule has 108 valence electrons. The molecule has 0 spiro atoms. The lowest BCUT2D eigenvalue weighted by Crippen LogP contribution is -2.42. The van der Waals surface area contributed by atoms with Crippen LogP contribution < -0.4 is 4.90 Å². The molecule has 0 saturated carbocycles. The Bertz CT molecular complexity index is 725. The van der Waals surface area contributed by atoms with Gasteiger partial charge in [-0.15, -0.1) is 0 Å². The Morgan fingerprint density at radius 3 is 2.48 bits per heavy atom. The van der Waals surface area contributed by atoms with Crippen LogP contribution >= 0.6 is 31.9 Å². The van der Waals surface area contributed by atoms with Crippen LogP contribution in [0.25, 0.3) is 0 Å². The maximum absolute atomic E-state index is 3.63. The first-order valence-corrected chi connectivity index (χ1v) is 9.01. The minimum Gasteiger partial charge on any atom is -0.361 e. The van der Waals surface area contributed by atoms with E-state index in [9.17, 15) is 0 Å². The van der Waals surface area contributed by atoms with Crippen molar-refractivity contribution in [1.82, 2.24) is 0 Å². The molecule has 0 amide bonds. The first-order valence-electron chi connectivity index (χ1n) is 7.42. The van der Waals surface area contributed by atoms with E-state index in [4.69, 9.17) is 0 Å². The number of rotatable bonds is 0. The van der Waals surface area contributed by atoms with Crippen molar-refractivity contribution in [3.8, 4) is 0 Å². The Morgan fingerprint density at radius 1 is 0.952 bits per heavy atom.